The van der Waals surface area contributed by atoms with Crippen LogP contribution in [0, 0.1) is 5.92 Å². The van der Waals surface area contributed by atoms with Gasteiger partial charge < -0.3 is 9.64 Å². The minimum Gasteiger partial charge on any atom is -0.455 e. The number of hydrogen-bond donors (Lipinski definition) is 0. The zero-order valence-electron chi connectivity index (χ0n) is 15.4. The third-order valence-corrected chi connectivity index (χ3v) is 7.32. The molecule has 1 saturated heterocycles. The molecular weight excluding hydrogens is 454 g/mol. The van der Waals surface area contributed by atoms with Crippen molar-refractivity contribution in [3.63, 3.8) is 0 Å². The Morgan fingerprint density at radius 2 is 1.96 bits per heavy atom. The predicted molar refractivity (Wildman–Crippen MR) is 109 cm³/mol. The van der Waals surface area contributed by atoms with Crippen molar-refractivity contribution in [2.24, 2.45) is 5.92 Å². The first-order valence-electron chi connectivity index (χ1n) is 8.70. The Bertz CT molecular complexity index is 764. The van der Waals surface area contributed by atoms with Crippen LogP contribution < -0.4 is 0 Å². The highest BCUT2D eigenvalue weighted by Gasteiger charge is 2.35. The fraction of sp³-hybridized carbons (Fsp3) is 0.556. The van der Waals surface area contributed by atoms with E-state index >= 15 is 0 Å². The van der Waals surface area contributed by atoms with Gasteiger partial charge in [0.05, 0.1) is 17.3 Å². The second-order valence-corrected chi connectivity index (χ2v) is 11.1. The summed E-state index contributed by atoms with van der Waals surface area (Å²) in [5, 5.41) is 0. The summed E-state index contributed by atoms with van der Waals surface area (Å²) in [6, 6.07) is 7.21. The van der Waals surface area contributed by atoms with E-state index in [2.05, 4.69) is 15.9 Å². The summed E-state index contributed by atoms with van der Waals surface area (Å²) in [6.45, 7) is 4.02. The average Bonchev–Trinajstić information content (AvgIpc) is 2.96. The lowest BCUT2D eigenvalue weighted by atomic mass is 10.1. The fourth-order valence-corrected chi connectivity index (χ4v) is 5.50. The number of amides is 1. The van der Waals surface area contributed by atoms with Crippen molar-refractivity contribution in [3.8, 4) is 0 Å². The summed E-state index contributed by atoms with van der Waals surface area (Å²) in [6.07, 6.45) is 0.439. The van der Waals surface area contributed by atoms with Crippen LogP contribution in [0.4, 0.5) is 0 Å². The molecule has 1 aromatic rings. The summed E-state index contributed by atoms with van der Waals surface area (Å²) in [7, 11) is -3.09. The van der Waals surface area contributed by atoms with Gasteiger partial charge in [0, 0.05) is 22.0 Å². The Hall–Kier alpha value is -1.06. The Morgan fingerprint density at radius 3 is 2.52 bits per heavy atom. The summed E-state index contributed by atoms with van der Waals surface area (Å²) in [5.74, 6) is -0.424. The molecule has 1 heterocycles. The maximum Gasteiger partial charge on any atom is 0.316 e. The number of rotatable bonds is 8. The molecule has 0 N–H and O–H groups in total. The molecule has 0 bridgehead atoms. The first-order chi connectivity index (χ1) is 12.7. The number of sulfone groups is 1. The van der Waals surface area contributed by atoms with Crippen LogP contribution in [0.2, 0.25) is 0 Å². The summed E-state index contributed by atoms with van der Waals surface area (Å²) < 4.78 is 29.5. The van der Waals surface area contributed by atoms with E-state index in [1.54, 1.807) is 4.90 Å². The van der Waals surface area contributed by atoms with Crippen LogP contribution in [-0.2, 0) is 24.2 Å². The minimum atomic E-state index is -3.09. The lowest BCUT2D eigenvalue weighted by molar-refractivity contribution is -0.151. The van der Waals surface area contributed by atoms with Crippen LogP contribution in [-0.4, -0.2) is 61.6 Å². The molecule has 27 heavy (non-hydrogen) atoms. The first-order valence-corrected chi connectivity index (χ1v) is 12.3. The molecule has 0 radical (unpaired) electrons. The highest BCUT2D eigenvalue weighted by molar-refractivity contribution is 9.10. The second kappa shape index (κ2) is 9.93. The van der Waals surface area contributed by atoms with Crippen LogP contribution >= 0.6 is 27.7 Å². The third kappa shape index (κ3) is 7.46. The Kier molecular flexibility index (Phi) is 8.18. The fourth-order valence-electron chi connectivity index (χ4n) is 2.81. The van der Waals surface area contributed by atoms with E-state index in [1.165, 1.54) is 11.8 Å². The summed E-state index contributed by atoms with van der Waals surface area (Å²) in [4.78, 5) is 27.0. The molecule has 1 atom stereocenters. The van der Waals surface area contributed by atoms with Crippen LogP contribution in [0.15, 0.2) is 33.6 Å². The molecule has 1 aliphatic rings. The number of ether oxygens (including phenoxy) is 1. The van der Waals surface area contributed by atoms with E-state index in [0.717, 1.165) is 9.37 Å². The smallest absolute Gasteiger partial charge is 0.316 e. The van der Waals surface area contributed by atoms with Crippen LogP contribution in [0.3, 0.4) is 0 Å². The van der Waals surface area contributed by atoms with Gasteiger partial charge >= 0.3 is 5.97 Å². The molecule has 0 spiro atoms. The molecule has 1 amide bonds. The average molecular weight is 478 g/mol. The minimum absolute atomic E-state index is 0.0151. The maximum atomic E-state index is 12.5. The van der Waals surface area contributed by atoms with E-state index < -0.39 is 15.8 Å². The van der Waals surface area contributed by atoms with Gasteiger partial charge in [-0.1, -0.05) is 29.8 Å². The summed E-state index contributed by atoms with van der Waals surface area (Å²) in [5.41, 5.74) is 0. The van der Waals surface area contributed by atoms with E-state index in [1.807, 2.05) is 38.1 Å². The van der Waals surface area contributed by atoms with Gasteiger partial charge in [0.15, 0.2) is 16.4 Å². The van der Waals surface area contributed by atoms with Crippen LogP contribution in [0.5, 0.6) is 0 Å². The van der Waals surface area contributed by atoms with Gasteiger partial charge in [0.1, 0.15) is 0 Å². The van der Waals surface area contributed by atoms with Crippen molar-refractivity contribution in [3.05, 3.63) is 28.7 Å². The lowest BCUT2D eigenvalue weighted by Gasteiger charge is -2.29. The van der Waals surface area contributed by atoms with Crippen molar-refractivity contribution >= 4 is 49.4 Å². The van der Waals surface area contributed by atoms with E-state index in [0.29, 0.717) is 13.0 Å². The molecular formula is C18H24BrNO5S2. The molecule has 1 unspecified atom stereocenters. The standard InChI is InChI=1S/C18H24BrNO5S2/c1-13(2)9-20(15-7-8-27(23,24)12-15)17(21)10-25-18(22)11-26-16-5-3-14(19)4-6-16/h3-6,13,15H,7-12H2,1-2H3. The van der Waals surface area contributed by atoms with Gasteiger partial charge in [-0.25, -0.2) is 8.42 Å². The molecule has 1 aliphatic heterocycles. The third-order valence-electron chi connectivity index (χ3n) is 4.06. The number of nitrogens with zero attached hydrogens (tertiary/aromatic N) is 1. The highest BCUT2D eigenvalue weighted by atomic mass is 79.9. The lowest BCUT2D eigenvalue weighted by Crippen LogP contribution is -2.45. The predicted octanol–water partition coefficient (Wildman–Crippen LogP) is 2.76. The van der Waals surface area contributed by atoms with Gasteiger partial charge in [-0.2, -0.15) is 0 Å². The number of halogens is 1. The zero-order chi connectivity index (χ0) is 20.0. The number of thioether (sulfide) groups is 1. The quantitative estimate of drug-likeness (QED) is 0.422. The van der Waals surface area contributed by atoms with Crippen LogP contribution in [0.1, 0.15) is 20.3 Å². The van der Waals surface area contributed by atoms with Crippen molar-refractivity contribution < 1.29 is 22.7 Å². The summed E-state index contributed by atoms with van der Waals surface area (Å²) >= 11 is 4.68. The molecule has 0 aromatic heterocycles. The Morgan fingerprint density at radius 1 is 1.30 bits per heavy atom. The van der Waals surface area contributed by atoms with Gasteiger partial charge in [-0.3, -0.25) is 9.59 Å². The Labute approximate surface area is 173 Å². The highest BCUT2D eigenvalue weighted by Crippen LogP contribution is 2.21. The molecule has 0 saturated carbocycles. The van der Waals surface area contributed by atoms with Gasteiger partial charge in [0.25, 0.3) is 5.91 Å². The maximum absolute atomic E-state index is 12.5. The van der Waals surface area contributed by atoms with Gasteiger partial charge in [-0.15, -0.1) is 11.8 Å². The number of esters is 1. The molecule has 9 heteroatoms. The van der Waals surface area contributed by atoms with E-state index in [-0.39, 0.29) is 41.7 Å². The molecule has 0 aliphatic carbocycles. The normalized spacial score (nSPS) is 18.4. The monoisotopic (exact) mass is 477 g/mol. The van der Waals surface area contributed by atoms with Gasteiger partial charge in [0.2, 0.25) is 0 Å². The second-order valence-electron chi connectivity index (χ2n) is 6.90. The first kappa shape index (κ1) is 22.2. The molecule has 150 valence electrons. The van der Waals surface area contributed by atoms with Crippen molar-refractivity contribution in [2.45, 2.75) is 31.2 Å². The Balaban J connectivity index is 1.85. The molecule has 1 aromatic carbocycles. The molecule has 6 nitrogen and oxygen atoms in total. The number of carbonyl (C=O) groups is 2. The largest absolute Gasteiger partial charge is 0.455 e. The van der Waals surface area contributed by atoms with E-state index in [9.17, 15) is 18.0 Å². The topological polar surface area (TPSA) is 80.8 Å². The zero-order valence-corrected chi connectivity index (χ0v) is 18.6. The van der Waals surface area contributed by atoms with Crippen molar-refractivity contribution in [1.82, 2.24) is 4.90 Å². The van der Waals surface area contributed by atoms with E-state index in [4.69, 9.17) is 4.74 Å². The van der Waals surface area contributed by atoms with Gasteiger partial charge in [-0.05, 0) is 36.6 Å². The SMILES string of the molecule is CC(C)CN(C(=O)COC(=O)CSc1ccc(Br)cc1)C1CCS(=O)(=O)C1. The molecule has 2 rings (SSSR count). The van der Waals surface area contributed by atoms with Crippen molar-refractivity contribution in [1.29, 1.82) is 0 Å². The van der Waals surface area contributed by atoms with Crippen molar-refractivity contribution in [2.75, 3.05) is 30.4 Å². The number of benzene rings is 1. The number of carbonyl (C=O) groups excluding carboxylic acids is 2. The van der Waals surface area contributed by atoms with Crippen LogP contribution in [0.25, 0.3) is 0 Å². The molecule has 1 fully saturated rings. The number of hydrogen-bond acceptors (Lipinski definition) is 6.